The standard InChI is InChI=1S/C15H22O2Se/c1-3-16-15(17-4-2)13-10-11-14(13)18-12-8-6-5-7-9-12/h5-9,13-15H,3-4,10-11H2,1-2H3. The third-order valence-corrected chi connectivity index (χ3v) is 6.31. The molecule has 0 heterocycles. The van der Waals surface area contributed by atoms with Gasteiger partial charge in [0.25, 0.3) is 0 Å². The summed E-state index contributed by atoms with van der Waals surface area (Å²) in [6.45, 7) is 5.57. The molecule has 2 atom stereocenters. The van der Waals surface area contributed by atoms with Gasteiger partial charge in [-0.05, 0) is 0 Å². The molecule has 1 aliphatic carbocycles. The molecule has 0 aromatic heterocycles. The van der Waals surface area contributed by atoms with Gasteiger partial charge in [0.15, 0.2) is 0 Å². The maximum absolute atomic E-state index is 5.74. The Balaban J connectivity index is 1.90. The summed E-state index contributed by atoms with van der Waals surface area (Å²) in [5.74, 6) is 0.602. The van der Waals surface area contributed by atoms with Crippen molar-refractivity contribution < 1.29 is 9.47 Å². The molecule has 2 unspecified atom stereocenters. The fraction of sp³-hybridized carbons (Fsp3) is 0.600. The van der Waals surface area contributed by atoms with E-state index in [0.29, 0.717) is 20.9 Å². The Hall–Kier alpha value is -0.341. The summed E-state index contributed by atoms with van der Waals surface area (Å²) in [6, 6.07) is 10.8. The second-order valence-electron chi connectivity index (χ2n) is 4.49. The number of rotatable bonds is 7. The van der Waals surface area contributed by atoms with Gasteiger partial charge in [-0.15, -0.1) is 0 Å². The molecule has 0 spiro atoms. The average Bonchev–Trinajstić information content (AvgIpc) is 2.37. The molecule has 1 aliphatic rings. The molecule has 0 amide bonds. The molecule has 1 fully saturated rings. The molecule has 2 rings (SSSR count). The van der Waals surface area contributed by atoms with Gasteiger partial charge in [0.05, 0.1) is 0 Å². The molecule has 100 valence electrons. The number of benzene rings is 1. The van der Waals surface area contributed by atoms with Crippen LogP contribution in [0.15, 0.2) is 30.3 Å². The van der Waals surface area contributed by atoms with E-state index in [9.17, 15) is 0 Å². The predicted octanol–water partition coefficient (Wildman–Crippen LogP) is 2.61. The minimum absolute atomic E-state index is 0.0179. The second-order valence-corrected chi connectivity index (χ2v) is 7.24. The van der Waals surface area contributed by atoms with Gasteiger partial charge in [0.2, 0.25) is 0 Å². The third kappa shape index (κ3) is 3.58. The van der Waals surface area contributed by atoms with Crippen LogP contribution in [0.3, 0.4) is 0 Å². The Morgan fingerprint density at radius 1 is 1.11 bits per heavy atom. The van der Waals surface area contributed by atoms with Gasteiger partial charge >= 0.3 is 116 Å². The molecule has 3 heteroatoms. The average molecular weight is 313 g/mol. The van der Waals surface area contributed by atoms with Crippen LogP contribution < -0.4 is 4.46 Å². The molecule has 1 aromatic rings. The number of hydrogen-bond donors (Lipinski definition) is 0. The van der Waals surface area contributed by atoms with E-state index in [4.69, 9.17) is 9.47 Å². The van der Waals surface area contributed by atoms with Crippen LogP contribution >= 0.6 is 0 Å². The van der Waals surface area contributed by atoms with Crippen molar-refractivity contribution in [2.75, 3.05) is 13.2 Å². The normalized spacial score (nSPS) is 23.1. The van der Waals surface area contributed by atoms with E-state index in [1.807, 2.05) is 13.8 Å². The molecule has 18 heavy (non-hydrogen) atoms. The molecule has 0 radical (unpaired) electrons. The van der Waals surface area contributed by atoms with Gasteiger partial charge in [0, 0.05) is 0 Å². The summed E-state index contributed by atoms with van der Waals surface area (Å²) in [6.07, 6.45) is 2.60. The Kier molecular flexibility index (Phi) is 5.71. The third-order valence-electron chi connectivity index (χ3n) is 3.30. The zero-order valence-electron chi connectivity index (χ0n) is 11.2. The predicted molar refractivity (Wildman–Crippen MR) is 75.3 cm³/mol. The van der Waals surface area contributed by atoms with Crippen molar-refractivity contribution in [2.45, 2.75) is 37.8 Å². The van der Waals surface area contributed by atoms with Crippen molar-refractivity contribution >= 4 is 19.4 Å². The first-order valence-electron chi connectivity index (χ1n) is 6.80. The molecular formula is C15H22O2Se. The quantitative estimate of drug-likeness (QED) is 0.569. The van der Waals surface area contributed by atoms with E-state index in [2.05, 4.69) is 30.3 Å². The summed E-state index contributed by atoms with van der Waals surface area (Å²) in [5, 5.41) is 0. The van der Waals surface area contributed by atoms with E-state index in [1.165, 1.54) is 17.3 Å². The van der Waals surface area contributed by atoms with E-state index in [-0.39, 0.29) is 6.29 Å². The summed E-state index contributed by atoms with van der Waals surface area (Å²) in [7, 11) is 0. The van der Waals surface area contributed by atoms with Crippen LogP contribution in [0.4, 0.5) is 0 Å². The van der Waals surface area contributed by atoms with Gasteiger partial charge in [-0.1, -0.05) is 0 Å². The first kappa shape index (κ1) is 14.1. The van der Waals surface area contributed by atoms with Crippen LogP contribution in [0.25, 0.3) is 0 Å². The SMILES string of the molecule is CCOC(OCC)C1CCC1[Se]c1ccccc1. The molecular weight excluding hydrogens is 291 g/mol. The maximum atomic E-state index is 5.74. The zero-order chi connectivity index (χ0) is 12.8. The first-order chi connectivity index (χ1) is 8.85. The van der Waals surface area contributed by atoms with Gasteiger partial charge in [-0.3, -0.25) is 0 Å². The second kappa shape index (κ2) is 7.30. The van der Waals surface area contributed by atoms with E-state index in [0.717, 1.165) is 18.0 Å². The van der Waals surface area contributed by atoms with Crippen LogP contribution in [0, 0.1) is 5.92 Å². The Morgan fingerprint density at radius 3 is 2.28 bits per heavy atom. The molecule has 0 saturated heterocycles. The van der Waals surface area contributed by atoms with Gasteiger partial charge < -0.3 is 0 Å². The number of ether oxygens (including phenoxy) is 2. The minimum atomic E-state index is 0.0179. The van der Waals surface area contributed by atoms with Crippen LogP contribution in [0.2, 0.25) is 4.82 Å². The van der Waals surface area contributed by atoms with Crippen LogP contribution in [0.5, 0.6) is 0 Å². The fourth-order valence-corrected chi connectivity index (χ4v) is 5.10. The topological polar surface area (TPSA) is 18.5 Å². The van der Waals surface area contributed by atoms with E-state index in [1.54, 1.807) is 0 Å². The Bertz CT molecular complexity index is 336. The first-order valence-corrected chi connectivity index (χ1v) is 8.64. The molecule has 1 saturated carbocycles. The van der Waals surface area contributed by atoms with Gasteiger partial charge in [0.1, 0.15) is 0 Å². The van der Waals surface area contributed by atoms with Gasteiger partial charge in [-0.25, -0.2) is 0 Å². The monoisotopic (exact) mass is 314 g/mol. The summed E-state index contributed by atoms with van der Waals surface area (Å²) in [4.78, 5) is 0.781. The van der Waals surface area contributed by atoms with Crippen molar-refractivity contribution in [3.8, 4) is 0 Å². The van der Waals surface area contributed by atoms with Gasteiger partial charge in [-0.2, -0.15) is 0 Å². The van der Waals surface area contributed by atoms with E-state index >= 15 is 0 Å². The van der Waals surface area contributed by atoms with Crippen molar-refractivity contribution in [1.29, 1.82) is 0 Å². The van der Waals surface area contributed by atoms with Crippen LogP contribution in [-0.4, -0.2) is 34.5 Å². The summed E-state index contributed by atoms with van der Waals surface area (Å²) < 4.78 is 13.0. The van der Waals surface area contributed by atoms with Crippen LogP contribution in [0.1, 0.15) is 26.7 Å². The zero-order valence-corrected chi connectivity index (χ0v) is 12.9. The fourth-order valence-electron chi connectivity index (χ4n) is 2.25. The van der Waals surface area contributed by atoms with Crippen molar-refractivity contribution in [3.05, 3.63) is 30.3 Å². The molecule has 0 bridgehead atoms. The van der Waals surface area contributed by atoms with E-state index < -0.39 is 0 Å². The summed E-state index contributed by atoms with van der Waals surface area (Å²) in [5.41, 5.74) is 0. The molecule has 0 aliphatic heterocycles. The van der Waals surface area contributed by atoms with Crippen molar-refractivity contribution in [1.82, 2.24) is 0 Å². The van der Waals surface area contributed by atoms with Crippen molar-refractivity contribution in [3.63, 3.8) is 0 Å². The van der Waals surface area contributed by atoms with Crippen molar-refractivity contribution in [2.24, 2.45) is 5.92 Å². The Labute approximate surface area is 116 Å². The summed E-state index contributed by atoms with van der Waals surface area (Å²) >= 11 is 0.552. The number of hydrogen-bond acceptors (Lipinski definition) is 2. The molecule has 1 aromatic carbocycles. The molecule has 0 N–H and O–H groups in total. The van der Waals surface area contributed by atoms with Crippen LogP contribution in [-0.2, 0) is 9.47 Å². The Morgan fingerprint density at radius 2 is 1.78 bits per heavy atom. The molecule has 2 nitrogen and oxygen atoms in total.